The first-order valence-corrected chi connectivity index (χ1v) is 13.6. The maximum absolute atomic E-state index is 13.9. The number of nitrogens with zero attached hydrogens (tertiary/aromatic N) is 1. The molecule has 2 atom stereocenters. The van der Waals surface area contributed by atoms with Crippen molar-refractivity contribution in [1.29, 1.82) is 0 Å². The fourth-order valence-corrected chi connectivity index (χ4v) is 4.10. The summed E-state index contributed by atoms with van der Waals surface area (Å²) in [6, 6.07) is 10.3. The number of ether oxygens (including phenoxy) is 2. The van der Waals surface area contributed by atoms with E-state index >= 15 is 0 Å². The van der Waals surface area contributed by atoms with E-state index in [9.17, 15) is 24.6 Å². The van der Waals surface area contributed by atoms with Gasteiger partial charge in [0.15, 0.2) is 0 Å². The molecule has 0 bridgehead atoms. The Morgan fingerprint density at radius 2 is 1.57 bits per heavy atom. The summed E-state index contributed by atoms with van der Waals surface area (Å²) >= 11 is 0. The summed E-state index contributed by atoms with van der Waals surface area (Å²) in [6.45, 7) is 6.69. The SMILES string of the molecule is CCCCCCCN(C(=O)C(CO)NC(=O)OC(C)(C)C)C(C(=O)Nc1ccc(OC)cc1)c1ccc(O)cc1. The lowest BCUT2D eigenvalue weighted by Gasteiger charge is -2.34. The third kappa shape index (κ3) is 10.4. The molecule has 0 spiro atoms. The van der Waals surface area contributed by atoms with Crippen molar-refractivity contribution < 1.29 is 34.1 Å². The summed E-state index contributed by atoms with van der Waals surface area (Å²) in [5.74, 6) is -0.496. The number of carbonyl (C=O) groups excluding carboxylic acids is 3. The third-order valence-corrected chi connectivity index (χ3v) is 6.08. The predicted molar refractivity (Wildman–Crippen MR) is 153 cm³/mol. The van der Waals surface area contributed by atoms with E-state index in [4.69, 9.17) is 9.47 Å². The van der Waals surface area contributed by atoms with Gasteiger partial charge in [0, 0.05) is 12.2 Å². The van der Waals surface area contributed by atoms with Crippen molar-refractivity contribution in [3.8, 4) is 11.5 Å². The van der Waals surface area contributed by atoms with Crippen LogP contribution in [0.4, 0.5) is 10.5 Å². The second-order valence-corrected chi connectivity index (χ2v) is 10.5. The Hall–Kier alpha value is -3.79. The van der Waals surface area contributed by atoms with E-state index in [1.807, 2.05) is 0 Å². The maximum Gasteiger partial charge on any atom is 0.408 e. The number of hydrogen-bond acceptors (Lipinski definition) is 7. The maximum atomic E-state index is 13.9. The van der Waals surface area contributed by atoms with Gasteiger partial charge in [-0.15, -0.1) is 0 Å². The van der Waals surface area contributed by atoms with Gasteiger partial charge in [-0.2, -0.15) is 0 Å². The van der Waals surface area contributed by atoms with E-state index in [0.717, 1.165) is 25.7 Å². The first kappa shape index (κ1) is 32.4. The van der Waals surface area contributed by atoms with Crippen LogP contribution in [0.15, 0.2) is 48.5 Å². The lowest BCUT2D eigenvalue weighted by molar-refractivity contribution is -0.141. The molecular formula is C30H43N3O7. The van der Waals surface area contributed by atoms with Crippen molar-refractivity contribution in [2.24, 2.45) is 0 Å². The van der Waals surface area contributed by atoms with E-state index in [0.29, 0.717) is 23.4 Å². The Morgan fingerprint density at radius 3 is 2.12 bits per heavy atom. The second kappa shape index (κ2) is 15.7. The topological polar surface area (TPSA) is 137 Å². The van der Waals surface area contributed by atoms with E-state index in [2.05, 4.69) is 17.6 Å². The number of hydrogen-bond donors (Lipinski definition) is 4. The number of aliphatic hydroxyl groups is 1. The van der Waals surface area contributed by atoms with Gasteiger partial charge in [0.25, 0.3) is 5.91 Å². The molecule has 40 heavy (non-hydrogen) atoms. The van der Waals surface area contributed by atoms with Crippen molar-refractivity contribution in [1.82, 2.24) is 10.2 Å². The number of amides is 3. The Balaban J connectivity index is 2.44. The molecule has 2 aromatic rings. The van der Waals surface area contributed by atoms with Gasteiger partial charge in [0.05, 0.1) is 13.7 Å². The van der Waals surface area contributed by atoms with Crippen LogP contribution in [-0.2, 0) is 14.3 Å². The zero-order chi connectivity index (χ0) is 29.7. The van der Waals surface area contributed by atoms with Crippen LogP contribution in [0.1, 0.15) is 71.4 Å². The molecule has 0 aliphatic rings. The zero-order valence-electron chi connectivity index (χ0n) is 24.1. The largest absolute Gasteiger partial charge is 0.508 e. The standard InChI is InChI=1S/C30H43N3O7/c1-6-7-8-9-10-19-33(28(37)25(20-34)32-29(38)40-30(2,3)4)26(21-11-15-23(35)16-12-21)27(36)31-22-13-17-24(39-5)18-14-22/h11-18,25-26,34-35H,6-10,19-20H2,1-5H3,(H,31,36)(H,32,38). The number of anilines is 1. The Bertz CT molecular complexity index is 1080. The van der Waals surface area contributed by atoms with Crippen LogP contribution in [0.3, 0.4) is 0 Å². The monoisotopic (exact) mass is 557 g/mol. The number of rotatable bonds is 14. The molecule has 2 aromatic carbocycles. The summed E-state index contributed by atoms with van der Waals surface area (Å²) in [4.78, 5) is 41.5. The number of phenolic OH excluding ortho intramolecular Hbond substituents is 1. The molecule has 2 unspecified atom stereocenters. The first-order valence-electron chi connectivity index (χ1n) is 13.6. The van der Waals surface area contributed by atoms with Crippen LogP contribution in [0, 0.1) is 0 Å². The highest BCUT2D eigenvalue weighted by molar-refractivity contribution is 5.99. The summed E-state index contributed by atoms with van der Waals surface area (Å²) in [6.07, 6.45) is 3.67. The molecule has 0 radical (unpaired) electrons. The average molecular weight is 558 g/mol. The minimum atomic E-state index is -1.33. The van der Waals surface area contributed by atoms with Crippen molar-refractivity contribution >= 4 is 23.6 Å². The van der Waals surface area contributed by atoms with Crippen molar-refractivity contribution in [2.75, 3.05) is 25.6 Å². The lowest BCUT2D eigenvalue weighted by Crippen LogP contribution is -2.54. The van der Waals surface area contributed by atoms with Crippen LogP contribution in [0.5, 0.6) is 11.5 Å². The average Bonchev–Trinajstić information content (AvgIpc) is 2.90. The van der Waals surface area contributed by atoms with Crippen LogP contribution >= 0.6 is 0 Å². The van der Waals surface area contributed by atoms with Gasteiger partial charge in [-0.3, -0.25) is 9.59 Å². The highest BCUT2D eigenvalue weighted by atomic mass is 16.6. The smallest absolute Gasteiger partial charge is 0.408 e. The number of unbranched alkanes of at least 4 members (excludes halogenated alkanes) is 4. The molecule has 0 heterocycles. The Kier molecular flexibility index (Phi) is 12.7. The molecule has 4 N–H and O–H groups in total. The number of nitrogens with one attached hydrogen (secondary N) is 2. The Labute approximate surface area is 236 Å². The number of carbonyl (C=O) groups is 3. The van der Waals surface area contributed by atoms with Gasteiger partial charge < -0.3 is 35.2 Å². The van der Waals surface area contributed by atoms with Gasteiger partial charge in [0.1, 0.15) is 29.2 Å². The van der Waals surface area contributed by atoms with E-state index in [1.165, 1.54) is 17.0 Å². The molecule has 0 saturated carbocycles. The molecule has 0 aromatic heterocycles. The van der Waals surface area contributed by atoms with Gasteiger partial charge in [-0.1, -0.05) is 44.7 Å². The highest BCUT2D eigenvalue weighted by Gasteiger charge is 2.36. The molecule has 2 rings (SSSR count). The Morgan fingerprint density at radius 1 is 0.950 bits per heavy atom. The number of benzene rings is 2. The van der Waals surface area contributed by atoms with Gasteiger partial charge in [-0.25, -0.2) is 4.79 Å². The molecule has 0 saturated heterocycles. The number of methoxy groups -OCH3 is 1. The number of aromatic hydroxyl groups is 1. The first-order chi connectivity index (χ1) is 19.0. The molecule has 10 heteroatoms. The minimum Gasteiger partial charge on any atom is -0.508 e. The summed E-state index contributed by atoms with van der Waals surface area (Å²) in [5, 5.41) is 25.2. The molecular weight excluding hydrogens is 514 g/mol. The quantitative estimate of drug-likeness (QED) is 0.246. The number of phenols is 1. The third-order valence-electron chi connectivity index (χ3n) is 6.08. The molecule has 0 fully saturated rings. The van der Waals surface area contributed by atoms with Crippen LogP contribution in [0.2, 0.25) is 0 Å². The van der Waals surface area contributed by atoms with Gasteiger partial charge in [0.2, 0.25) is 5.91 Å². The van der Waals surface area contributed by atoms with E-state index in [-0.39, 0.29) is 12.3 Å². The van der Waals surface area contributed by atoms with Crippen LogP contribution in [-0.4, -0.2) is 64.9 Å². The molecule has 3 amide bonds. The molecule has 10 nitrogen and oxygen atoms in total. The van der Waals surface area contributed by atoms with Crippen molar-refractivity contribution in [3.05, 3.63) is 54.1 Å². The van der Waals surface area contributed by atoms with Gasteiger partial charge in [-0.05, 0) is 69.2 Å². The van der Waals surface area contributed by atoms with Gasteiger partial charge >= 0.3 is 6.09 Å². The molecule has 0 aliphatic heterocycles. The number of alkyl carbamates (subject to hydrolysis) is 1. The van der Waals surface area contributed by atoms with Crippen LogP contribution in [0.25, 0.3) is 0 Å². The van der Waals surface area contributed by atoms with Crippen molar-refractivity contribution in [3.63, 3.8) is 0 Å². The normalized spacial score (nSPS) is 12.7. The second-order valence-electron chi connectivity index (χ2n) is 10.5. The predicted octanol–water partition coefficient (Wildman–Crippen LogP) is 4.77. The minimum absolute atomic E-state index is 0.00957. The summed E-state index contributed by atoms with van der Waals surface area (Å²) in [5.41, 5.74) is 0.147. The van der Waals surface area contributed by atoms with E-state index < -0.39 is 42.2 Å². The zero-order valence-corrected chi connectivity index (χ0v) is 24.1. The number of aliphatic hydroxyl groups excluding tert-OH is 1. The van der Waals surface area contributed by atoms with Crippen LogP contribution < -0.4 is 15.4 Å². The highest BCUT2D eigenvalue weighted by Crippen LogP contribution is 2.27. The van der Waals surface area contributed by atoms with Crippen molar-refractivity contribution in [2.45, 2.75) is 77.5 Å². The summed E-state index contributed by atoms with van der Waals surface area (Å²) < 4.78 is 10.5. The summed E-state index contributed by atoms with van der Waals surface area (Å²) in [7, 11) is 1.54. The lowest BCUT2D eigenvalue weighted by atomic mass is 10.0. The molecule has 220 valence electrons. The molecule has 0 aliphatic carbocycles. The fraction of sp³-hybridized carbons (Fsp3) is 0.500. The fourth-order valence-electron chi connectivity index (χ4n) is 4.10. The van der Waals surface area contributed by atoms with E-state index in [1.54, 1.807) is 64.3 Å².